The second-order valence-electron chi connectivity index (χ2n) is 7.77. The van der Waals surface area contributed by atoms with E-state index in [2.05, 4.69) is 13.8 Å². The van der Waals surface area contributed by atoms with Crippen molar-refractivity contribution in [3.63, 3.8) is 0 Å². The number of fused-ring (bicyclic) bond motifs is 1. The van der Waals surface area contributed by atoms with Crippen LogP contribution in [0, 0.1) is 0 Å². The maximum atomic E-state index is 13.3. The zero-order valence-corrected chi connectivity index (χ0v) is 18.5. The molecule has 0 amide bonds. The van der Waals surface area contributed by atoms with Gasteiger partial charge in [-0.25, -0.2) is 0 Å². The first-order valence-electron chi connectivity index (χ1n) is 11.3. The summed E-state index contributed by atoms with van der Waals surface area (Å²) in [5, 5.41) is 0.871. The second kappa shape index (κ2) is 12.4. The zero-order chi connectivity index (χ0) is 21.1. The molecule has 5 nitrogen and oxygen atoms in total. The number of unbranched alkanes of at least 4 members (excludes halogenated alkanes) is 8. The average molecular weight is 403 g/mol. The van der Waals surface area contributed by atoms with Gasteiger partial charge in [0.15, 0.2) is 5.75 Å². The molecular formula is C24H38N2O3. The number of nitrogens with zero attached hydrogens (tertiary/aromatic N) is 1. The Morgan fingerprint density at radius 3 is 2.24 bits per heavy atom. The molecule has 1 aromatic heterocycles. The summed E-state index contributed by atoms with van der Waals surface area (Å²) in [6, 6.07) is 5.63. The van der Waals surface area contributed by atoms with E-state index in [1.165, 1.54) is 38.5 Å². The van der Waals surface area contributed by atoms with Gasteiger partial charge in [-0.3, -0.25) is 4.79 Å². The zero-order valence-electron chi connectivity index (χ0n) is 18.5. The fourth-order valence-electron chi connectivity index (χ4n) is 3.72. The van der Waals surface area contributed by atoms with Gasteiger partial charge in [-0.15, -0.1) is 0 Å². The van der Waals surface area contributed by atoms with Crippen LogP contribution in [0.5, 0.6) is 11.5 Å². The van der Waals surface area contributed by atoms with E-state index in [1.54, 1.807) is 7.11 Å². The van der Waals surface area contributed by atoms with Crippen LogP contribution in [0.25, 0.3) is 10.9 Å². The van der Waals surface area contributed by atoms with Crippen molar-refractivity contribution in [3.8, 4) is 11.5 Å². The average Bonchev–Trinajstić information content (AvgIpc) is 2.72. The van der Waals surface area contributed by atoms with Gasteiger partial charge >= 0.3 is 0 Å². The van der Waals surface area contributed by atoms with Gasteiger partial charge in [-0.05, 0) is 31.0 Å². The molecule has 5 heteroatoms. The topological polar surface area (TPSA) is 66.5 Å². The van der Waals surface area contributed by atoms with Gasteiger partial charge in [-0.2, -0.15) is 0 Å². The standard InChI is InChI=1S/C24H38N2O3/c1-4-6-8-10-11-12-16-26-21-18-19(25)14-15-20(21)22(28-3)23(24(26)27)29-17-13-9-7-5-2/h14-15,18H,4-13,16-17,25H2,1-3H3. The van der Waals surface area contributed by atoms with Crippen LogP contribution in [0.4, 0.5) is 5.69 Å². The van der Waals surface area contributed by atoms with Gasteiger partial charge in [0.1, 0.15) is 0 Å². The lowest BCUT2D eigenvalue weighted by molar-refractivity contribution is 0.280. The summed E-state index contributed by atoms with van der Waals surface area (Å²) in [5.41, 5.74) is 7.36. The number of methoxy groups -OCH3 is 1. The molecular weight excluding hydrogens is 364 g/mol. The Hall–Kier alpha value is -2.17. The fourth-order valence-corrected chi connectivity index (χ4v) is 3.72. The summed E-state index contributed by atoms with van der Waals surface area (Å²) in [4.78, 5) is 13.3. The summed E-state index contributed by atoms with van der Waals surface area (Å²) in [5.74, 6) is 0.840. The van der Waals surface area contributed by atoms with Crippen LogP contribution in [0.3, 0.4) is 0 Å². The third-order valence-electron chi connectivity index (χ3n) is 5.39. The minimum absolute atomic E-state index is 0.121. The first kappa shape index (κ1) is 23.1. The third kappa shape index (κ3) is 6.41. The fraction of sp³-hybridized carbons (Fsp3) is 0.625. The molecule has 1 aromatic carbocycles. The highest BCUT2D eigenvalue weighted by atomic mass is 16.5. The van der Waals surface area contributed by atoms with E-state index in [9.17, 15) is 4.79 Å². The molecule has 0 unspecified atom stereocenters. The minimum atomic E-state index is -0.121. The number of rotatable bonds is 14. The number of benzene rings is 1. The predicted octanol–water partition coefficient (Wildman–Crippen LogP) is 5.91. The molecule has 0 fully saturated rings. The molecule has 0 aliphatic rings. The van der Waals surface area contributed by atoms with E-state index in [-0.39, 0.29) is 5.56 Å². The summed E-state index contributed by atoms with van der Waals surface area (Å²) in [6.07, 6.45) is 11.5. The number of hydrogen-bond donors (Lipinski definition) is 1. The number of aryl methyl sites for hydroxylation is 1. The van der Waals surface area contributed by atoms with Gasteiger partial charge in [0.25, 0.3) is 5.56 Å². The number of hydrogen-bond acceptors (Lipinski definition) is 4. The second-order valence-corrected chi connectivity index (χ2v) is 7.77. The lowest BCUT2D eigenvalue weighted by atomic mass is 10.1. The Balaban J connectivity index is 2.28. The van der Waals surface area contributed by atoms with Gasteiger partial charge in [0.2, 0.25) is 5.75 Å². The molecule has 2 aromatic rings. The Morgan fingerprint density at radius 2 is 1.55 bits per heavy atom. The van der Waals surface area contributed by atoms with E-state index in [1.807, 2.05) is 22.8 Å². The Kier molecular flexibility index (Phi) is 9.89. The van der Waals surface area contributed by atoms with Gasteiger partial charge in [-0.1, -0.05) is 65.2 Å². The third-order valence-corrected chi connectivity index (χ3v) is 5.39. The molecule has 2 N–H and O–H groups in total. The van der Waals surface area contributed by atoms with Crippen molar-refractivity contribution in [2.75, 3.05) is 19.5 Å². The molecule has 0 atom stereocenters. The van der Waals surface area contributed by atoms with E-state index in [4.69, 9.17) is 15.2 Å². The van der Waals surface area contributed by atoms with E-state index in [0.29, 0.717) is 30.3 Å². The number of nitrogen functional groups attached to an aromatic ring is 1. The molecule has 162 valence electrons. The smallest absolute Gasteiger partial charge is 0.297 e. The normalized spacial score (nSPS) is 11.1. The quantitative estimate of drug-likeness (QED) is 0.315. The van der Waals surface area contributed by atoms with Crippen molar-refractivity contribution < 1.29 is 9.47 Å². The maximum absolute atomic E-state index is 13.3. The van der Waals surface area contributed by atoms with Gasteiger partial charge in [0.05, 0.1) is 19.2 Å². The van der Waals surface area contributed by atoms with Crippen molar-refractivity contribution in [3.05, 3.63) is 28.6 Å². The van der Waals surface area contributed by atoms with Crippen LogP contribution in [-0.2, 0) is 6.54 Å². The van der Waals surface area contributed by atoms with Crippen LogP contribution in [0.1, 0.15) is 78.1 Å². The molecule has 29 heavy (non-hydrogen) atoms. The monoisotopic (exact) mass is 402 g/mol. The van der Waals surface area contributed by atoms with Crippen molar-refractivity contribution in [1.29, 1.82) is 0 Å². The number of anilines is 1. The van der Waals surface area contributed by atoms with E-state index >= 15 is 0 Å². The number of pyridine rings is 1. The molecule has 0 aliphatic carbocycles. The summed E-state index contributed by atoms with van der Waals surface area (Å²) in [7, 11) is 1.59. The summed E-state index contributed by atoms with van der Waals surface area (Å²) < 4.78 is 13.4. The maximum Gasteiger partial charge on any atom is 0.297 e. The van der Waals surface area contributed by atoms with Crippen molar-refractivity contribution in [1.82, 2.24) is 4.57 Å². The number of aromatic nitrogens is 1. The van der Waals surface area contributed by atoms with Crippen molar-refractivity contribution in [2.45, 2.75) is 84.6 Å². The number of ether oxygens (including phenoxy) is 2. The van der Waals surface area contributed by atoms with Crippen LogP contribution in [0.15, 0.2) is 23.0 Å². The highest BCUT2D eigenvalue weighted by molar-refractivity contribution is 5.90. The van der Waals surface area contributed by atoms with Crippen LogP contribution in [-0.4, -0.2) is 18.3 Å². The highest BCUT2D eigenvalue weighted by Crippen LogP contribution is 2.33. The molecule has 2 rings (SSSR count). The van der Waals surface area contributed by atoms with E-state index < -0.39 is 0 Å². The first-order chi connectivity index (χ1) is 14.1. The SMILES string of the molecule is CCCCCCCCn1c(=O)c(OCCCCCC)c(OC)c2ccc(N)cc21. The summed E-state index contributed by atoms with van der Waals surface area (Å²) in [6.45, 7) is 5.60. The largest absolute Gasteiger partial charge is 0.492 e. The van der Waals surface area contributed by atoms with Crippen molar-refractivity contribution in [2.24, 2.45) is 0 Å². The van der Waals surface area contributed by atoms with Gasteiger partial charge < -0.3 is 19.8 Å². The lowest BCUT2D eigenvalue weighted by Crippen LogP contribution is -2.24. The molecule has 0 aliphatic heterocycles. The molecule has 0 bridgehead atoms. The number of nitrogens with two attached hydrogens (primary N) is 1. The lowest BCUT2D eigenvalue weighted by Gasteiger charge is -2.18. The van der Waals surface area contributed by atoms with Crippen LogP contribution in [0.2, 0.25) is 0 Å². The first-order valence-corrected chi connectivity index (χ1v) is 11.3. The molecule has 0 saturated carbocycles. The predicted molar refractivity (Wildman–Crippen MR) is 122 cm³/mol. The molecule has 0 radical (unpaired) electrons. The minimum Gasteiger partial charge on any atom is -0.492 e. The molecule has 0 spiro atoms. The molecule has 0 saturated heterocycles. The highest BCUT2D eigenvalue weighted by Gasteiger charge is 2.19. The molecule has 1 heterocycles. The Morgan fingerprint density at radius 1 is 0.897 bits per heavy atom. The van der Waals surface area contributed by atoms with Crippen LogP contribution < -0.4 is 20.8 Å². The Bertz CT molecular complexity index is 814. The van der Waals surface area contributed by atoms with Crippen LogP contribution >= 0.6 is 0 Å². The van der Waals surface area contributed by atoms with Gasteiger partial charge in [0, 0.05) is 17.6 Å². The van der Waals surface area contributed by atoms with Crippen molar-refractivity contribution >= 4 is 16.6 Å². The van der Waals surface area contributed by atoms with E-state index in [0.717, 1.165) is 36.6 Å². The Labute approximate surface area is 175 Å². The summed E-state index contributed by atoms with van der Waals surface area (Å²) >= 11 is 0.